The molecular weight excluding hydrogens is 350 g/mol. The van der Waals surface area contributed by atoms with Gasteiger partial charge in [0.1, 0.15) is 5.60 Å². The van der Waals surface area contributed by atoms with Crippen LogP contribution in [0, 0.1) is 11.3 Å². The number of fused-ring (bicyclic) bond motifs is 3. The van der Waals surface area contributed by atoms with E-state index in [0.29, 0.717) is 18.7 Å². The Bertz CT molecular complexity index is 1100. The summed E-state index contributed by atoms with van der Waals surface area (Å²) in [4.78, 5) is 17.8. The minimum Gasteiger partial charge on any atom is -0.444 e. The predicted molar refractivity (Wildman–Crippen MR) is 109 cm³/mol. The zero-order chi connectivity index (χ0) is 19.9. The molecule has 28 heavy (non-hydrogen) atoms. The summed E-state index contributed by atoms with van der Waals surface area (Å²) in [6.45, 7) is 6.83. The van der Waals surface area contributed by atoms with Crippen molar-refractivity contribution in [3.05, 3.63) is 59.3 Å². The number of nitrogens with one attached hydrogen (secondary N) is 1. The van der Waals surface area contributed by atoms with Gasteiger partial charge in [-0.15, -0.1) is 0 Å². The molecule has 1 N–H and O–H groups in total. The molecule has 0 bridgehead atoms. The van der Waals surface area contributed by atoms with E-state index in [2.05, 4.69) is 29.3 Å². The Kier molecular flexibility index (Phi) is 4.35. The predicted octanol–water partition coefficient (Wildman–Crippen LogP) is 5.00. The van der Waals surface area contributed by atoms with Crippen molar-refractivity contribution in [1.29, 1.82) is 5.26 Å². The first-order chi connectivity index (χ1) is 13.3. The van der Waals surface area contributed by atoms with Crippen LogP contribution >= 0.6 is 0 Å². The van der Waals surface area contributed by atoms with Gasteiger partial charge in [-0.25, -0.2) is 4.79 Å². The number of nitrogens with zero attached hydrogens (tertiary/aromatic N) is 2. The maximum absolute atomic E-state index is 12.5. The van der Waals surface area contributed by atoms with Crippen molar-refractivity contribution in [3.8, 4) is 17.2 Å². The second-order valence-electron chi connectivity index (χ2n) is 8.19. The minimum atomic E-state index is -0.503. The summed E-state index contributed by atoms with van der Waals surface area (Å²) in [6.07, 6.45) is 0.507. The minimum absolute atomic E-state index is 0.273. The quantitative estimate of drug-likeness (QED) is 0.652. The summed E-state index contributed by atoms with van der Waals surface area (Å²) in [6, 6.07) is 16.1. The number of aromatic amines is 1. The van der Waals surface area contributed by atoms with Gasteiger partial charge in [-0.3, -0.25) is 0 Å². The zero-order valence-corrected chi connectivity index (χ0v) is 16.4. The van der Waals surface area contributed by atoms with Gasteiger partial charge in [-0.1, -0.05) is 18.2 Å². The van der Waals surface area contributed by atoms with E-state index in [-0.39, 0.29) is 6.09 Å². The van der Waals surface area contributed by atoms with Crippen LogP contribution in [0.15, 0.2) is 42.5 Å². The molecule has 0 aliphatic carbocycles. The summed E-state index contributed by atoms with van der Waals surface area (Å²) in [5.41, 5.74) is 5.59. The molecule has 5 heteroatoms. The van der Waals surface area contributed by atoms with E-state index in [4.69, 9.17) is 10.00 Å². The molecule has 3 aromatic rings. The highest BCUT2D eigenvalue weighted by Crippen LogP contribution is 2.32. The first-order valence-electron chi connectivity index (χ1n) is 9.46. The summed E-state index contributed by atoms with van der Waals surface area (Å²) >= 11 is 0. The number of H-pyrrole nitrogens is 1. The van der Waals surface area contributed by atoms with E-state index in [1.807, 2.05) is 39.0 Å². The lowest BCUT2D eigenvalue weighted by Crippen LogP contribution is -2.39. The summed E-state index contributed by atoms with van der Waals surface area (Å²) in [5.74, 6) is 0. The molecule has 2 aromatic carbocycles. The van der Waals surface area contributed by atoms with Gasteiger partial charge in [0.25, 0.3) is 0 Å². The number of amides is 1. The molecule has 5 nitrogen and oxygen atoms in total. The third kappa shape index (κ3) is 3.46. The molecule has 0 spiro atoms. The standard InChI is InChI=1S/C23H23N3O2/c1-23(2,3)28-22(27)26-10-9-21-19(14-26)18-12-17(7-8-20(18)25-21)16-6-4-5-15(11-16)13-24/h4-8,11-12,25H,9-10,14H2,1-3H3. The molecule has 1 amide bonds. The lowest BCUT2D eigenvalue weighted by atomic mass is 9.99. The fourth-order valence-electron chi connectivity index (χ4n) is 3.64. The van der Waals surface area contributed by atoms with Crippen LogP contribution in [-0.2, 0) is 17.7 Å². The second kappa shape index (κ2) is 6.72. The Morgan fingerprint density at radius 3 is 2.71 bits per heavy atom. The van der Waals surface area contributed by atoms with Gasteiger partial charge in [0, 0.05) is 35.1 Å². The van der Waals surface area contributed by atoms with Crippen LogP contribution in [0.25, 0.3) is 22.0 Å². The van der Waals surface area contributed by atoms with Crippen molar-refractivity contribution < 1.29 is 9.53 Å². The number of aromatic nitrogens is 1. The summed E-state index contributed by atoms with van der Waals surface area (Å²) < 4.78 is 5.55. The van der Waals surface area contributed by atoms with E-state index in [0.717, 1.165) is 34.0 Å². The van der Waals surface area contributed by atoms with Gasteiger partial charge in [-0.05, 0) is 56.2 Å². The molecule has 142 valence electrons. The average molecular weight is 373 g/mol. The summed E-state index contributed by atoms with van der Waals surface area (Å²) in [7, 11) is 0. The molecule has 0 fully saturated rings. The number of carbonyl (C=O) groups is 1. The Morgan fingerprint density at radius 2 is 1.96 bits per heavy atom. The van der Waals surface area contributed by atoms with Crippen LogP contribution in [0.2, 0.25) is 0 Å². The Hall–Kier alpha value is -3.26. The largest absolute Gasteiger partial charge is 0.444 e. The summed E-state index contributed by atoms with van der Waals surface area (Å²) in [5, 5.41) is 10.3. The van der Waals surface area contributed by atoms with Gasteiger partial charge in [0.05, 0.1) is 18.2 Å². The van der Waals surface area contributed by atoms with Crippen LogP contribution in [0.3, 0.4) is 0 Å². The Labute approximate surface area is 164 Å². The Balaban J connectivity index is 1.69. The van der Waals surface area contributed by atoms with Crippen LogP contribution in [0.4, 0.5) is 4.79 Å². The number of hydrogen-bond acceptors (Lipinski definition) is 3. The van der Waals surface area contributed by atoms with Crippen molar-refractivity contribution in [1.82, 2.24) is 9.88 Å². The van der Waals surface area contributed by atoms with Crippen LogP contribution in [0.5, 0.6) is 0 Å². The highest BCUT2D eigenvalue weighted by molar-refractivity contribution is 5.90. The highest BCUT2D eigenvalue weighted by Gasteiger charge is 2.27. The van der Waals surface area contributed by atoms with Crippen molar-refractivity contribution in [2.75, 3.05) is 6.54 Å². The molecule has 0 radical (unpaired) electrons. The van der Waals surface area contributed by atoms with E-state index in [1.165, 1.54) is 5.69 Å². The number of rotatable bonds is 1. The number of carbonyl (C=O) groups excluding carboxylic acids is 1. The molecule has 2 heterocycles. The lowest BCUT2D eigenvalue weighted by Gasteiger charge is -2.30. The van der Waals surface area contributed by atoms with E-state index in [9.17, 15) is 4.79 Å². The highest BCUT2D eigenvalue weighted by atomic mass is 16.6. The zero-order valence-electron chi connectivity index (χ0n) is 16.4. The van der Waals surface area contributed by atoms with Gasteiger partial charge in [0.15, 0.2) is 0 Å². The normalized spacial score (nSPS) is 13.9. The molecule has 1 aromatic heterocycles. The van der Waals surface area contributed by atoms with Crippen molar-refractivity contribution >= 4 is 17.0 Å². The van der Waals surface area contributed by atoms with Gasteiger partial charge < -0.3 is 14.6 Å². The van der Waals surface area contributed by atoms with Gasteiger partial charge in [0.2, 0.25) is 0 Å². The molecule has 0 saturated heterocycles. The molecular formula is C23H23N3O2. The number of hydrogen-bond donors (Lipinski definition) is 1. The number of benzene rings is 2. The number of ether oxygens (including phenoxy) is 1. The lowest BCUT2D eigenvalue weighted by molar-refractivity contribution is 0.0224. The smallest absolute Gasteiger partial charge is 0.410 e. The van der Waals surface area contributed by atoms with Crippen molar-refractivity contribution in [2.45, 2.75) is 39.3 Å². The molecule has 0 saturated carbocycles. The van der Waals surface area contributed by atoms with Gasteiger partial charge >= 0.3 is 6.09 Å². The Morgan fingerprint density at radius 1 is 1.18 bits per heavy atom. The molecule has 1 aliphatic rings. The third-order valence-electron chi connectivity index (χ3n) is 4.95. The SMILES string of the molecule is CC(C)(C)OC(=O)N1CCc2[nH]c3ccc(-c4cccc(C#N)c4)cc3c2C1. The topological polar surface area (TPSA) is 69.1 Å². The first kappa shape index (κ1) is 18.1. The molecule has 1 aliphatic heterocycles. The van der Waals surface area contributed by atoms with Crippen molar-refractivity contribution in [3.63, 3.8) is 0 Å². The van der Waals surface area contributed by atoms with E-state index < -0.39 is 5.60 Å². The molecule has 4 rings (SSSR count). The van der Waals surface area contributed by atoms with Crippen LogP contribution in [0.1, 0.15) is 37.6 Å². The van der Waals surface area contributed by atoms with Crippen LogP contribution < -0.4 is 0 Å². The van der Waals surface area contributed by atoms with Crippen molar-refractivity contribution in [2.24, 2.45) is 0 Å². The molecule has 0 atom stereocenters. The molecule has 0 unspecified atom stereocenters. The maximum Gasteiger partial charge on any atom is 0.410 e. The first-order valence-corrected chi connectivity index (χ1v) is 9.46. The van der Waals surface area contributed by atoms with Crippen LogP contribution in [-0.4, -0.2) is 28.1 Å². The fourth-order valence-corrected chi connectivity index (χ4v) is 3.64. The maximum atomic E-state index is 12.5. The van der Waals surface area contributed by atoms with Gasteiger partial charge in [-0.2, -0.15) is 5.26 Å². The fraction of sp³-hybridized carbons (Fsp3) is 0.304. The second-order valence-corrected chi connectivity index (χ2v) is 8.19. The third-order valence-corrected chi connectivity index (χ3v) is 4.95. The van der Waals surface area contributed by atoms with E-state index in [1.54, 1.807) is 11.0 Å². The monoisotopic (exact) mass is 373 g/mol. The average Bonchev–Trinajstić information content (AvgIpc) is 3.03. The van der Waals surface area contributed by atoms with E-state index >= 15 is 0 Å². The number of nitriles is 1.